The Bertz CT molecular complexity index is 680. The van der Waals surface area contributed by atoms with Crippen LogP contribution in [0.1, 0.15) is 11.6 Å². The first-order valence-electron chi connectivity index (χ1n) is 7.52. The summed E-state index contributed by atoms with van der Waals surface area (Å²) in [7, 11) is 3.91. The van der Waals surface area contributed by atoms with E-state index in [-0.39, 0.29) is 24.4 Å². The second kappa shape index (κ2) is 8.80. The maximum absolute atomic E-state index is 13.1. The molecule has 24 heavy (non-hydrogen) atoms. The fourth-order valence-corrected chi connectivity index (χ4v) is 2.72. The van der Waals surface area contributed by atoms with E-state index in [9.17, 15) is 9.18 Å². The molecule has 2 rings (SSSR count). The number of benzene rings is 2. The van der Waals surface area contributed by atoms with E-state index in [1.54, 1.807) is 0 Å². The van der Waals surface area contributed by atoms with Crippen LogP contribution in [0.15, 0.2) is 53.0 Å². The van der Waals surface area contributed by atoms with Gasteiger partial charge in [-0.3, -0.25) is 4.79 Å². The van der Waals surface area contributed by atoms with Gasteiger partial charge in [0.15, 0.2) is 6.61 Å². The fraction of sp³-hybridized carbons (Fsp3) is 0.278. The van der Waals surface area contributed by atoms with Crippen LogP contribution in [0.25, 0.3) is 0 Å². The molecule has 0 spiro atoms. The van der Waals surface area contributed by atoms with E-state index in [2.05, 4.69) is 21.2 Å². The summed E-state index contributed by atoms with van der Waals surface area (Å²) in [5, 5.41) is 2.97. The highest BCUT2D eigenvalue weighted by molar-refractivity contribution is 9.10. The highest BCUT2D eigenvalue weighted by Crippen LogP contribution is 2.25. The maximum Gasteiger partial charge on any atom is 0.258 e. The molecule has 2 aromatic carbocycles. The van der Waals surface area contributed by atoms with Crippen LogP contribution in [-0.2, 0) is 4.79 Å². The van der Waals surface area contributed by atoms with Crippen molar-refractivity contribution < 1.29 is 13.9 Å². The SMILES string of the molecule is CN(C)C[C@@H](NC(=O)COc1ccc(F)cc1Br)c1ccccc1. The second-order valence-corrected chi connectivity index (χ2v) is 6.51. The average molecular weight is 395 g/mol. The molecular weight excluding hydrogens is 375 g/mol. The standard InChI is InChI=1S/C18H20BrFN2O2/c1-22(2)11-16(13-6-4-3-5-7-13)21-18(23)12-24-17-9-8-14(20)10-15(17)19/h3-10,16H,11-12H2,1-2H3,(H,21,23)/t16-/m1/s1. The molecule has 0 aliphatic heterocycles. The van der Waals surface area contributed by atoms with Gasteiger partial charge in [-0.2, -0.15) is 0 Å². The van der Waals surface area contributed by atoms with Crippen LogP contribution in [0.5, 0.6) is 5.75 Å². The molecule has 0 bridgehead atoms. The van der Waals surface area contributed by atoms with Gasteiger partial charge in [-0.15, -0.1) is 0 Å². The number of carbonyl (C=O) groups excluding carboxylic acids is 1. The minimum Gasteiger partial charge on any atom is -0.483 e. The van der Waals surface area contributed by atoms with Crippen LogP contribution in [0.2, 0.25) is 0 Å². The number of nitrogens with zero attached hydrogens (tertiary/aromatic N) is 1. The molecule has 0 heterocycles. The first-order valence-corrected chi connectivity index (χ1v) is 8.32. The lowest BCUT2D eigenvalue weighted by Crippen LogP contribution is -2.37. The molecule has 4 nitrogen and oxygen atoms in total. The van der Waals surface area contributed by atoms with Crippen molar-refractivity contribution in [2.45, 2.75) is 6.04 Å². The molecule has 1 N–H and O–H groups in total. The average Bonchev–Trinajstić information content (AvgIpc) is 2.54. The van der Waals surface area contributed by atoms with Gasteiger partial charge in [0.2, 0.25) is 0 Å². The monoisotopic (exact) mass is 394 g/mol. The van der Waals surface area contributed by atoms with Gasteiger partial charge in [0.1, 0.15) is 11.6 Å². The Morgan fingerprint density at radius 2 is 1.96 bits per heavy atom. The van der Waals surface area contributed by atoms with Gasteiger partial charge in [0, 0.05) is 6.54 Å². The third-order valence-corrected chi connectivity index (χ3v) is 3.96. The summed E-state index contributed by atoms with van der Waals surface area (Å²) >= 11 is 3.21. The molecule has 0 radical (unpaired) electrons. The van der Waals surface area contributed by atoms with Crippen molar-refractivity contribution in [2.75, 3.05) is 27.2 Å². The zero-order chi connectivity index (χ0) is 17.5. The Labute approximate surface area is 149 Å². The highest BCUT2D eigenvalue weighted by atomic mass is 79.9. The maximum atomic E-state index is 13.1. The lowest BCUT2D eigenvalue weighted by atomic mass is 10.1. The van der Waals surface area contributed by atoms with E-state index in [0.29, 0.717) is 16.8 Å². The Hall–Kier alpha value is -1.92. The minimum atomic E-state index is -0.367. The fourth-order valence-electron chi connectivity index (χ4n) is 2.26. The van der Waals surface area contributed by atoms with E-state index in [4.69, 9.17) is 4.74 Å². The van der Waals surface area contributed by atoms with Crippen LogP contribution >= 0.6 is 15.9 Å². The predicted octanol–water partition coefficient (Wildman–Crippen LogP) is 3.39. The number of amides is 1. The van der Waals surface area contributed by atoms with E-state index < -0.39 is 0 Å². The summed E-state index contributed by atoms with van der Waals surface area (Å²) in [4.78, 5) is 14.2. The predicted molar refractivity (Wildman–Crippen MR) is 95.5 cm³/mol. The van der Waals surface area contributed by atoms with E-state index >= 15 is 0 Å². The van der Waals surface area contributed by atoms with E-state index in [0.717, 1.165) is 5.56 Å². The summed E-state index contributed by atoms with van der Waals surface area (Å²) < 4.78 is 19.0. The number of hydrogen-bond acceptors (Lipinski definition) is 3. The van der Waals surface area contributed by atoms with Crippen molar-refractivity contribution in [1.82, 2.24) is 10.2 Å². The van der Waals surface area contributed by atoms with Crippen LogP contribution in [0.3, 0.4) is 0 Å². The van der Waals surface area contributed by atoms with Gasteiger partial charge >= 0.3 is 0 Å². The lowest BCUT2D eigenvalue weighted by Gasteiger charge is -2.23. The molecule has 0 unspecified atom stereocenters. The molecule has 0 aromatic heterocycles. The lowest BCUT2D eigenvalue weighted by molar-refractivity contribution is -0.124. The number of ether oxygens (including phenoxy) is 1. The molecule has 0 saturated carbocycles. The zero-order valence-corrected chi connectivity index (χ0v) is 15.2. The molecule has 2 aromatic rings. The smallest absolute Gasteiger partial charge is 0.258 e. The number of rotatable bonds is 7. The van der Waals surface area contributed by atoms with Crippen LogP contribution < -0.4 is 10.1 Å². The third-order valence-electron chi connectivity index (χ3n) is 3.34. The Kier molecular flexibility index (Phi) is 6.75. The summed E-state index contributed by atoms with van der Waals surface area (Å²) in [5.74, 6) is -0.175. The molecule has 128 valence electrons. The number of carbonyl (C=O) groups is 1. The molecule has 1 amide bonds. The first-order chi connectivity index (χ1) is 11.5. The van der Waals surface area contributed by atoms with Gasteiger partial charge in [-0.1, -0.05) is 30.3 Å². The van der Waals surface area contributed by atoms with Crippen molar-refractivity contribution in [3.8, 4) is 5.75 Å². The quantitative estimate of drug-likeness (QED) is 0.782. The van der Waals surface area contributed by atoms with Gasteiger partial charge in [-0.05, 0) is 53.8 Å². The number of likely N-dealkylation sites (N-methyl/N-ethyl adjacent to an activating group) is 1. The molecule has 0 fully saturated rings. The number of halogens is 2. The third kappa shape index (κ3) is 5.62. The van der Waals surface area contributed by atoms with E-state index in [1.165, 1.54) is 18.2 Å². The van der Waals surface area contributed by atoms with Crippen molar-refractivity contribution in [1.29, 1.82) is 0 Å². The molecule has 1 atom stereocenters. The van der Waals surface area contributed by atoms with Crippen molar-refractivity contribution in [3.63, 3.8) is 0 Å². The minimum absolute atomic E-state index is 0.131. The second-order valence-electron chi connectivity index (χ2n) is 5.66. The Morgan fingerprint density at radius 3 is 2.58 bits per heavy atom. The number of hydrogen-bond donors (Lipinski definition) is 1. The van der Waals surface area contributed by atoms with Gasteiger partial charge in [0.25, 0.3) is 5.91 Å². The summed E-state index contributed by atoms with van der Waals surface area (Å²) in [5.41, 5.74) is 1.03. The summed E-state index contributed by atoms with van der Waals surface area (Å²) in [6.07, 6.45) is 0. The Balaban J connectivity index is 1.97. The molecular formula is C18H20BrFN2O2. The molecule has 0 saturated heterocycles. The molecule has 0 aliphatic carbocycles. The normalized spacial score (nSPS) is 12.0. The molecule has 0 aliphatic rings. The summed E-state index contributed by atoms with van der Waals surface area (Å²) in [6, 6.07) is 13.7. The topological polar surface area (TPSA) is 41.6 Å². The Morgan fingerprint density at radius 1 is 1.25 bits per heavy atom. The molecule has 6 heteroatoms. The van der Waals surface area contributed by atoms with Gasteiger partial charge in [-0.25, -0.2) is 4.39 Å². The number of nitrogens with one attached hydrogen (secondary N) is 1. The zero-order valence-electron chi connectivity index (χ0n) is 13.6. The van der Waals surface area contributed by atoms with Gasteiger partial charge in [0.05, 0.1) is 10.5 Å². The van der Waals surface area contributed by atoms with Crippen LogP contribution in [-0.4, -0.2) is 38.1 Å². The largest absolute Gasteiger partial charge is 0.483 e. The van der Waals surface area contributed by atoms with E-state index in [1.807, 2.05) is 49.3 Å². The highest BCUT2D eigenvalue weighted by Gasteiger charge is 2.16. The first kappa shape index (κ1) is 18.4. The van der Waals surface area contributed by atoms with Crippen molar-refractivity contribution >= 4 is 21.8 Å². The van der Waals surface area contributed by atoms with Crippen molar-refractivity contribution in [2.24, 2.45) is 0 Å². The van der Waals surface area contributed by atoms with Crippen molar-refractivity contribution in [3.05, 3.63) is 64.4 Å². The van der Waals surface area contributed by atoms with Crippen LogP contribution in [0.4, 0.5) is 4.39 Å². The summed E-state index contributed by atoms with van der Waals surface area (Å²) in [6.45, 7) is 0.539. The van der Waals surface area contributed by atoms with Gasteiger partial charge < -0.3 is 15.0 Å². The van der Waals surface area contributed by atoms with Crippen LogP contribution in [0, 0.1) is 5.82 Å².